The molecule has 1 aliphatic carbocycles. The lowest BCUT2D eigenvalue weighted by Crippen LogP contribution is -2.31. The average Bonchev–Trinajstić information content (AvgIpc) is 3.54. The highest BCUT2D eigenvalue weighted by molar-refractivity contribution is 5.36. The van der Waals surface area contributed by atoms with Gasteiger partial charge in [0.05, 0.1) is 11.5 Å². The van der Waals surface area contributed by atoms with Crippen molar-refractivity contribution in [2.45, 2.75) is 51.0 Å². The fraction of sp³-hybridized carbons (Fsp3) is 0.458. The topological polar surface area (TPSA) is 27.0 Å². The van der Waals surface area contributed by atoms with Gasteiger partial charge in [-0.2, -0.15) is 5.26 Å². The van der Waals surface area contributed by atoms with Gasteiger partial charge in [0.15, 0.2) is 11.6 Å². The Bertz CT molecular complexity index is 811. The Labute approximate surface area is 166 Å². The first-order chi connectivity index (χ1) is 13.6. The largest absolute Gasteiger partial charge is 0.299 e. The van der Waals surface area contributed by atoms with Gasteiger partial charge in [-0.25, -0.2) is 8.78 Å². The van der Waals surface area contributed by atoms with Gasteiger partial charge in [-0.15, -0.1) is 0 Å². The van der Waals surface area contributed by atoms with Crippen LogP contribution in [0.5, 0.6) is 0 Å². The molecule has 4 heteroatoms. The molecule has 148 valence electrons. The van der Waals surface area contributed by atoms with Crippen LogP contribution in [0.1, 0.15) is 50.2 Å². The van der Waals surface area contributed by atoms with Gasteiger partial charge in [-0.1, -0.05) is 43.3 Å². The third-order valence-corrected chi connectivity index (χ3v) is 5.74. The molecule has 2 nitrogen and oxygen atoms in total. The average molecular weight is 382 g/mol. The monoisotopic (exact) mass is 382 g/mol. The fourth-order valence-electron chi connectivity index (χ4n) is 4.15. The van der Waals surface area contributed by atoms with Gasteiger partial charge in [-0.3, -0.25) is 4.90 Å². The molecule has 0 aromatic heterocycles. The van der Waals surface area contributed by atoms with Crippen molar-refractivity contribution in [3.8, 4) is 6.07 Å². The molecule has 0 bridgehead atoms. The van der Waals surface area contributed by atoms with Crippen molar-refractivity contribution < 1.29 is 8.78 Å². The van der Waals surface area contributed by atoms with E-state index in [2.05, 4.69) is 42.2 Å². The third kappa shape index (κ3) is 4.77. The number of nitriles is 1. The van der Waals surface area contributed by atoms with Crippen LogP contribution < -0.4 is 0 Å². The van der Waals surface area contributed by atoms with E-state index in [9.17, 15) is 14.0 Å². The number of benzene rings is 2. The molecule has 0 heterocycles. The molecule has 0 N–H and O–H groups in total. The third-order valence-electron chi connectivity index (χ3n) is 5.74. The molecule has 1 saturated carbocycles. The van der Waals surface area contributed by atoms with Gasteiger partial charge >= 0.3 is 0 Å². The zero-order valence-corrected chi connectivity index (χ0v) is 16.5. The summed E-state index contributed by atoms with van der Waals surface area (Å²) < 4.78 is 27.2. The number of halogens is 2. The summed E-state index contributed by atoms with van der Waals surface area (Å²) in [6, 6.07) is 16.8. The lowest BCUT2D eigenvalue weighted by molar-refractivity contribution is 0.249. The van der Waals surface area contributed by atoms with Crippen LogP contribution >= 0.6 is 0 Å². The van der Waals surface area contributed by atoms with Crippen molar-refractivity contribution >= 4 is 0 Å². The van der Waals surface area contributed by atoms with Gasteiger partial charge < -0.3 is 0 Å². The zero-order chi connectivity index (χ0) is 20.0. The highest BCUT2D eigenvalue weighted by Gasteiger charge is 2.46. The second-order valence-electron chi connectivity index (χ2n) is 7.85. The second kappa shape index (κ2) is 9.30. The summed E-state index contributed by atoms with van der Waals surface area (Å²) in [7, 11) is 0. The normalized spacial score (nSPS) is 16.0. The number of hydrogen-bond donors (Lipinski definition) is 0. The predicted octanol–water partition coefficient (Wildman–Crippen LogP) is 5.83. The van der Waals surface area contributed by atoms with Crippen molar-refractivity contribution in [1.82, 2.24) is 4.90 Å². The Morgan fingerprint density at radius 1 is 1.07 bits per heavy atom. The summed E-state index contributed by atoms with van der Waals surface area (Å²) in [5.74, 6) is -1.48. The Hall–Kier alpha value is -2.25. The van der Waals surface area contributed by atoms with Crippen molar-refractivity contribution in [3.63, 3.8) is 0 Å². The lowest BCUT2D eigenvalue weighted by Gasteiger charge is -2.29. The number of nitrogens with zero attached hydrogens (tertiary/aromatic N) is 2. The van der Waals surface area contributed by atoms with Crippen molar-refractivity contribution in [2.24, 2.45) is 5.92 Å². The summed E-state index contributed by atoms with van der Waals surface area (Å²) in [5.41, 5.74) is 1.20. The molecule has 3 rings (SSSR count). The van der Waals surface area contributed by atoms with Crippen LogP contribution in [0.4, 0.5) is 8.78 Å². The second-order valence-corrected chi connectivity index (χ2v) is 7.85. The molecule has 2 aromatic rings. The van der Waals surface area contributed by atoms with Crippen LogP contribution in [0.3, 0.4) is 0 Å². The first kappa shape index (κ1) is 20.5. The lowest BCUT2D eigenvalue weighted by atomic mass is 9.73. The summed E-state index contributed by atoms with van der Waals surface area (Å²) in [6.07, 6.45) is 4.57. The van der Waals surface area contributed by atoms with E-state index < -0.39 is 17.0 Å². The van der Waals surface area contributed by atoms with Gasteiger partial charge in [0.25, 0.3) is 0 Å². The Balaban J connectivity index is 1.69. The van der Waals surface area contributed by atoms with E-state index in [1.54, 1.807) is 6.07 Å². The molecule has 28 heavy (non-hydrogen) atoms. The first-order valence-corrected chi connectivity index (χ1v) is 10.2. The Morgan fingerprint density at radius 2 is 1.82 bits per heavy atom. The van der Waals surface area contributed by atoms with Crippen LogP contribution in [-0.2, 0) is 12.0 Å². The molecular weight excluding hydrogens is 354 g/mol. The van der Waals surface area contributed by atoms with E-state index in [4.69, 9.17) is 0 Å². The maximum atomic E-state index is 13.8. The van der Waals surface area contributed by atoms with Crippen molar-refractivity contribution in [1.29, 1.82) is 5.26 Å². The maximum absolute atomic E-state index is 13.8. The van der Waals surface area contributed by atoms with E-state index in [0.717, 1.165) is 51.4 Å². The Kier molecular flexibility index (Phi) is 6.80. The smallest absolute Gasteiger partial charge is 0.159 e. The first-order valence-electron chi connectivity index (χ1n) is 10.2. The van der Waals surface area contributed by atoms with Gasteiger partial charge in [0.2, 0.25) is 0 Å². The van der Waals surface area contributed by atoms with Crippen LogP contribution in [-0.4, -0.2) is 18.0 Å². The van der Waals surface area contributed by atoms with Gasteiger partial charge in [-0.05, 0) is 74.4 Å². The van der Waals surface area contributed by atoms with Crippen LogP contribution in [0.25, 0.3) is 0 Å². The molecule has 0 aliphatic heterocycles. The summed E-state index contributed by atoms with van der Waals surface area (Å²) in [4.78, 5) is 2.41. The quantitative estimate of drug-likeness (QED) is 0.517. The molecule has 1 unspecified atom stereocenters. The molecule has 1 atom stereocenters. The van der Waals surface area contributed by atoms with Crippen LogP contribution in [0, 0.1) is 28.9 Å². The SMILES string of the molecule is CCCN(CCCC(C#N)(c1ccc(F)c(F)c1)C1CC1)Cc1ccccc1. The van der Waals surface area contributed by atoms with Crippen LogP contribution in [0.15, 0.2) is 48.5 Å². The zero-order valence-electron chi connectivity index (χ0n) is 16.5. The fourth-order valence-corrected chi connectivity index (χ4v) is 4.15. The highest BCUT2D eigenvalue weighted by atomic mass is 19.2. The Morgan fingerprint density at radius 3 is 2.43 bits per heavy atom. The predicted molar refractivity (Wildman–Crippen MR) is 108 cm³/mol. The van der Waals surface area contributed by atoms with E-state index in [-0.39, 0.29) is 5.92 Å². The molecule has 1 aliphatic rings. The molecule has 1 fully saturated rings. The van der Waals surface area contributed by atoms with Gasteiger partial charge in [0.1, 0.15) is 0 Å². The van der Waals surface area contributed by atoms with E-state index in [1.807, 2.05) is 6.07 Å². The van der Waals surface area contributed by atoms with E-state index in [1.165, 1.54) is 11.6 Å². The summed E-state index contributed by atoms with van der Waals surface area (Å²) in [6.45, 7) is 4.96. The van der Waals surface area contributed by atoms with Crippen LogP contribution in [0.2, 0.25) is 0 Å². The molecule has 0 radical (unpaired) electrons. The standard InChI is InChI=1S/C24H28F2N2/c1-2-14-28(17-19-7-4-3-5-8-19)15-6-13-24(18-27,20-9-10-20)21-11-12-22(25)23(26)16-21/h3-5,7-8,11-12,16,20H,2,6,9-10,13-15,17H2,1H3. The van der Waals surface area contributed by atoms with E-state index >= 15 is 0 Å². The van der Waals surface area contributed by atoms with E-state index in [0.29, 0.717) is 12.0 Å². The summed E-state index contributed by atoms with van der Waals surface area (Å²) in [5, 5.41) is 10.0. The van der Waals surface area contributed by atoms with Gasteiger partial charge in [0, 0.05) is 6.54 Å². The summed E-state index contributed by atoms with van der Waals surface area (Å²) >= 11 is 0. The molecular formula is C24H28F2N2. The molecule has 0 spiro atoms. The minimum absolute atomic E-state index is 0.246. The molecule has 0 saturated heterocycles. The maximum Gasteiger partial charge on any atom is 0.159 e. The van der Waals surface area contributed by atoms with Crippen molar-refractivity contribution in [2.75, 3.05) is 13.1 Å². The minimum atomic E-state index is -0.866. The van der Waals surface area contributed by atoms with Crippen molar-refractivity contribution in [3.05, 3.63) is 71.3 Å². The molecule has 0 amide bonds. The number of rotatable bonds is 10. The molecule has 2 aromatic carbocycles. The highest BCUT2D eigenvalue weighted by Crippen LogP contribution is 2.50. The minimum Gasteiger partial charge on any atom is -0.299 e. The number of hydrogen-bond acceptors (Lipinski definition) is 2.